The van der Waals surface area contributed by atoms with Crippen LogP contribution in [0.4, 0.5) is 11.8 Å². The van der Waals surface area contributed by atoms with Crippen LogP contribution in [0.25, 0.3) is 11.2 Å². The van der Waals surface area contributed by atoms with Crippen LogP contribution in [0.3, 0.4) is 0 Å². The standard InChI is InChI=1S/C11H18N6/c1-4-5-12-11-16-9-8(13-6-14-9)10(17-11)15-7(2)3/h6-7H,4-5H2,1-3H3,(H3,12,13,14,15,16,17). The molecule has 17 heavy (non-hydrogen) atoms. The van der Waals surface area contributed by atoms with Crippen LogP contribution >= 0.6 is 0 Å². The van der Waals surface area contributed by atoms with Gasteiger partial charge in [-0.3, -0.25) is 0 Å². The summed E-state index contributed by atoms with van der Waals surface area (Å²) < 4.78 is 0. The van der Waals surface area contributed by atoms with Gasteiger partial charge in [-0.1, -0.05) is 6.92 Å². The highest BCUT2D eigenvalue weighted by Crippen LogP contribution is 2.19. The van der Waals surface area contributed by atoms with Gasteiger partial charge in [0, 0.05) is 12.6 Å². The molecule has 0 unspecified atom stereocenters. The quantitative estimate of drug-likeness (QED) is 0.737. The third-order valence-electron chi connectivity index (χ3n) is 2.24. The molecule has 2 aromatic rings. The van der Waals surface area contributed by atoms with Crippen molar-refractivity contribution in [1.29, 1.82) is 0 Å². The van der Waals surface area contributed by atoms with Gasteiger partial charge in [0.1, 0.15) is 5.52 Å². The summed E-state index contributed by atoms with van der Waals surface area (Å²) in [6.07, 6.45) is 2.67. The molecule has 0 aliphatic rings. The molecule has 6 nitrogen and oxygen atoms in total. The Morgan fingerprint density at radius 2 is 2.18 bits per heavy atom. The van der Waals surface area contributed by atoms with Crippen LogP contribution in [0.15, 0.2) is 6.33 Å². The summed E-state index contributed by atoms with van der Waals surface area (Å²) in [5, 5.41) is 6.46. The number of nitrogens with zero attached hydrogens (tertiary/aromatic N) is 3. The zero-order valence-corrected chi connectivity index (χ0v) is 10.4. The van der Waals surface area contributed by atoms with Gasteiger partial charge in [-0.15, -0.1) is 0 Å². The van der Waals surface area contributed by atoms with Crippen LogP contribution in [0.1, 0.15) is 27.2 Å². The predicted molar refractivity (Wildman–Crippen MR) is 69.2 cm³/mol. The fourth-order valence-corrected chi connectivity index (χ4v) is 1.53. The molecule has 6 heteroatoms. The molecule has 0 bridgehead atoms. The fourth-order valence-electron chi connectivity index (χ4n) is 1.53. The number of imidazole rings is 1. The zero-order chi connectivity index (χ0) is 12.3. The normalized spacial score (nSPS) is 11.1. The van der Waals surface area contributed by atoms with Crippen molar-refractivity contribution in [1.82, 2.24) is 19.9 Å². The van der Waals surface area contributed by atoms with Crippen molar-refractivity contribution in [2.75, 3.05) is 17.2 Å². The maximum atomic E-state index is 4.45. The Morgan fingerprint density at radius 3 is 2.88 bits per heavy atom. The molecule has 0 saturated carbocycles. The second-order valence-electron chi connectivity index (χ2n) is 4.22. The Hall–Kier alpha value is -1.85. The largest absolute Gasteiger partial charge is 0.366 e. The summed E-state index contributed by atoms with van der Waals surface area (Å²) in [5.41, 5.74) is 1.53. The van der Waals surface area contributed by atoms with E-state index in [9.17, 15) is 0 Å². The highest BCUT2D eigenvalue weighted by molar-refractivity contribution is 5.83. The van der Waals surface area contributed by atoms with Gasteiger partial charge in [-0.25, -0.2) is 4.98 Å². The van der Waals surface area contributed by atoms with Crippen molar-refractivity contribution in [3.05, 3.63) is 6.33 Å². The smallest absolute Gasteiger partial charge is 0.226 e. The molecule has 3 N–H and O–H groups in total. The number of anilines is 2. The molecule has 0 radical (unpaired) electrons. The van der Waals surface area contributed by atoms with E-state index in [0.717, 1.165) is 24.3 Å². The first-order chi connectivity index (χ1) is 8.20. The van der Waals surface area contributed by atoms with Crippen LogP contribution in [-0.4, -0.2) is 32.5 Å². The summed E-state index contributed by atoms with van der Waals surface area (Å²) in [5.74, 6) is 1.41. The van der Waals surface area contributed by atoms with Crippen LogP contribution in [0.2, 0.25) is 0 Å². The monoisotopic (exact) mass is 234 g/mol. The topological polar surface area (TPSA) is 78.5 Å². The molecule has 0 atom stereocenters. The first-order valence-electron chi connectivity index (χ1n) is 5.92. The number of H-pyrrole nitrogens is 1. The summed E-state index contributed by atoms with van der Waals surface area (Å²) in [4.78, 5) is 16.0. The number of nitrogens with one attached hydrogen (secondary N) is 3. The van der Waals surface area contributed by atoms with E-state index in [2.05, 4.69) is 51.3 Å². The molecule has 0 amide bonds. The third kappa shape index (κ3) is 2.64. The Kier molecular flexibility index (Phi) is 3.41. The highest BCUT2D eigenvalue weighted by atomic mass is 15.2. The summed E-state index contributed by atoms with van der Waals surface area (Å²) in [7, 11) is 0. The minimum atomic E-state index is 0.315. The van der Waals surface area contributed by atoms with Gasteiger partial charge in [0.2, 0.25) is 5.95 Å². The van der Waals surface area contributed by atoms with Gasteiger partial charge in [0.25, 0.3) is 0 Å². The molecule has 2 heterocycles. The van der Waals surface area contributed by atoms with E-state index in [4.69, 9.17) is 0 Å². The van der Waals surface area contributed by atoms with E-state index in [1.54, 1.807) is 6.33 Å². The lowest BCUT2D eigenvalue weighted by atomic mass is 10.4. The SMILES string of the molecule is CCCNc1nc(NC(C)C)c2[nH]cnc2n1. The molecule has 0 aliphatic carbocycles. The average molecular weight is 234 g/mol. The number of aromatic amines is 1. The number of fused-ring (bicyclic) bond motifs is 1. The van der Waals surface area contributed by atoms with Crippen LogP contribution < -0.4 is 10.6 Å². The molecule has 0 spiro atoms. The van der Waals surface area contributed by atoms with Gasteiger partial charge in [0.05, 0.1) is 6.33 Å². The first-order valence-corrected chi connectivity index (χ1v) is 5.92. The fraction of sp³-hybridized carbons (Fsp3) is 0.545. The second-order valence-corrected chi connectivity index (χ2v) is 4.22. The first kappa shape index (κ1) is 11.6. The van der Waals surface area contributed by atoms with Gasteiger partial charge in [0.15, 0.2) is 11.5 Å². The molecular weight excluding hydrogens is 216 g/mol. The molecule has 0 aromatic carbocycles. The lowest BCUT2D eigenvalue weighted by Gasteiger charge is -2.11. The molecule has 0 saturated heterocycles. The maximum Gasteiger partial charge on any atom is 0.226 e. The van der Waals surface area contributed by atoms with Crippen LogP contribution in [-0.2, 0) is 0 Å². The van der Waals surface area contributed by atoms with E-state index in [1.165, 1.54) is 0 Å². The third-order valence-corrected chi connectivity index (χ3v) is 2.24. The van der Waals surface area contributed by atoms with E-state index >= 15 is 0 Å². The van der Waals surface area contributed by atoms with Crippen LogP contribution in [0, 0.1) is 0 Å². The average Bonchev–Trinajstić information content (AvgIpc) is 2.73. The van der Waals surface area contributed by atoms with E-state index in [0.29, 0.717) is 17.6 Å². The Balaban J connectivity index is 2.36. The number of rotatable bonds is 5. The molecule has 0 fully saturated rings. The lowest BCUT2D eigenvalue weighted by molar-refractivity contribution is 0.887. The van der Waals surface area contributed by atoms with Crippen molar-refractivity contribution in [2.24, 2.45) is 0 Å². The zero-order valence-electron chi connectivity index (χ0n) is 10.4. The summed E-state index contributed by atoms with van der Waals surface area (Å²) >= 11 is 0. The second kappa shape index (κ2) is 4.99. The Morgan fingerprint density at radius 1 is 1.35 bits per heavy atom. The minimum Gasteiger partial charge on any atom is -0.366 e. The van der Waals surface area contributed by atoms with E-state index < -0.39 is 0 Å². The molecule has 92 valence electrons. The van der Waals surface area contributed by atoms with Crippen molar-refractivity contribution in [2.45, 2.75) is 33.2 Å². The van der Waals surface area contributed by atoms with Gasteiger partial charge >= 0.3 is 0 Å². The maximum absolute atomic E-state index is 4.45. The number of aromatic nitrogens is 4. The molecule has 2 aromatic heterocycles. The predicted octanol–water partition coefficient (Wildman–Crippen LogP) is 2.00. The highest BCUT2D eigenvalue weighted by Gasteiger charge is 2.10. The van der Waals surface area contributed by atoms with E-state index in [-0.39, 0.29) is 0 Å². The number of hydrogen-bond donors (Lipinski definition) is 3. The molecule has 0 aliphatic heterocycles. The Bertz CT molecular complexity index is 490. The van der Waals surface area contributed by atoms with Gasteiger partial charge in [-0.2, -0.15) is 9.97 Å². The number of hydrogen-bond acceptors (Lipinski definition) is 5. The van der Waals surface area contributed by atoms with Crippen molar-refractivity contribution < 1.29 is 0 Å². The lowest BCUT2D eigenvalue weighted by Crippen LogP contribution is -2.13. The van der Waals surface area contributed by atoms with Gasteiger partial charge in [-0.05, 0) is 20.3 Å². The van der Waals surface area contributed by atoms with Crippen LogP contribution in [0.5, 0.6) is 0 Å². The summed E-state index contributed by atoms with van der Waals surface area (Å²) in [6, 6.07) is 0.315. The summed E-state index contributed by atoms with van der Waals surface area (Å²) in [6.45, 7) is 7.11. The Labute approximate surface area is 100 Å². The molecular formula is C11H18N6. The van der Waals surface area contributed by atoms with E-state index in [1.807, 2.05) is 0 Å². The van der Waals surface area contributed by atoms with Gasteiger partial charge < -0.3 is 15.6 Å². The van der Waals surface area contributed by atoms with Crippen molar-refractivity contribution in [3.63, 3.8) is 0 Å². The van der Waals surface area contributed by atoms with Crippen molar-refractivity contribution in [3.8, 4) is 0 Å². The molecule has 2 rings (SSSR count). The minimum absolute atomic E-state index is 0.315. The van der Waals surface area contributed by atoms with Crippen molar-refractivity contribution >= 4 is 22.9 Å².